The topological polar surface area (TPSA) is 54.6 Å². The summed E-state index contributed by atoms with van der Waals surface area (Å²) in [5.41, 5.74) is 5.85. The van der Waals surface area contributed by atoms with Gasteiger partial charge in [0.1, 0.15) is 0 Å². The Morgan fingerprint density at radius 2 is 1.97 bits per heavy atom. The third-order valence-corrected chi connectivity index (χ3v) is 5.62. The van der Waals surface area contributed by atoms with Crippen LogP contribution in [0, 0.1) is 6.92 Å². The van der Waals surface area contributed by atoms with Crippen molar-refractivity contribution in [3.63, 3.8) is 0 Å². The van der Waals surface area contributed by atoms with E-state index < -0.39 is 0 Å². The molecular weight excluding hydrogens is 376 g/mol. The molecule has 0 radical (unpaired) electrons. The number of nitrogens with one attached hydrogen (secondary N) is 1. The summed E-state index contributed by atoms with van der Waals surface area (Å²) in [6.45, 7) is 3.44. The zero-order chi connectivity index (χ0) is 21.1. The van der Waals surface area contributed by atoms with Crippen LogP contribution in [0.25, 0.3) is 22.6 Å². The zero-order valence-corrected chi connectivity index (χ0v) is 17.6. The lowest BCUT2D eigenvalue weighted by Crippen LogP contribution is -2.33. The molecule has 1 aliphatic rings. The Morgan fingerprint density at radius 1 is 1.13 bits per heavy atom. The van der Waals surface area contributed by atoms with E-state index in [0.29, 0.717) is 24.6 Å². The van der Waals surface area contributed by atoms with Gasteiger partial charge in [-0.15, -0.1) is 0 Å². The average Bonchev–Trinajstić information content (AvgIpc) is 3.23. The molecule has 3 aromatic rings. The molecular formula is C25H26N2O3. The lowest BCUT2D eigenvalue weighted by Gasteiger charge is -2.25. The smallest absolute Gasteiger partial charge is 0.246 e. The molecule has 0 unspecified atom stereocenters. The molecule has 0 saturated carbocycles. The highest BCUT2D eigenvalue weighted by Gasteiger charge is 2.18. The molecule has 30 heavy (non-hydrogen) atoms. The fourth-order valence-corrected chi connectivity index (χ4v) is 3.91. The largest absolute Gasteiger partial charge is 0.493 e. The van der Waals surface area contributed by atoms with Gasteiger partial charge in [-0.2, -0.15) is 0 Å². The van der Waals surface area contributed by atoms with Crippen LogP contribution in [-0.4, -0.2) is 43.1 Å². The minimum absolute atomic E-state index is 0.00913. The van der Waals surface area contributed by atoms with Crippen LogP contribution < -0.4 is 9.47 Å². The number of amides is 1. The number of methoxy groups -OCH3 is 2. The number of hydrogen-bond donors (Lipinski definition) is 1. The van der Waals surface area contributed by atoms with Crippen LogP contribution in [0.3, 0.4) is 0 Å². The molecule has 4 rings (SSSR count). The van der Waals surface area contributed by atoms with Gasteiger partial charge < -0.3 is 19.4 Å². The lowest BCUT2D eigenvalue weighted by atomic mass is 9.98. The number of fused-ring (bicyclic) bond motifs is 1. The molecule has 0 fully saturated rings. The second-order valence-electron chi connectivity index (χ2n) is 7.41. The minimum Gasteiger partial charge on any atom is -0.493 e. The number of aryl methyl sites for hydroxylation is 1. The van der Waals surface area contributed by atoms with Crippen LogP contribution in [0.1, 0.15) is 23.1 Å². The Bertz CT molecular complexity index is 1140. The van der Waals surface area contributed by atoms with Crippen LogP contribution in [0.5, 0.6) is 11.5 Å². The molecule has 0 spiro atoms. The Balaban J connectivity index is 1.45. The van der Waals surface area contributed by atoms with Gasteiger partial charge in [-0.05, 0) is 48.3 Å². The summed E-state index contributed by atoms with van der Waals surface area (Å²) in [7, 11) is 3.20. The zero-order valence-electron chi connectivity index (χ0n) is 17.6. The van der Waals surface area contributed by atoms with E-state index in [1.165, 1.54) is 27.6 Å². The number of hydrogen-bond acceptors (Lipinski definition) is 3. The number of rotatable bonds is 5. The van der Waals surface area contributed by atoms with Crippen LogP contribution in [-0.2, 0) is 4.79 Å². The summed E-state index contributed by atoms with van der Waals surface area (Å²) in [6, 6.07) is 11.9. The number of benzene rings is 2. The lowest BCUT2D eigenvalue weighted by molar-refractivity contribution is -0.125. The van der Waals surface area contributed by atoms with Crippen LogP contribution in [0.4, 0.5) is 0 Å². The van der Waals surface area contributed by atoms with Crippen LogP contribution in [0.15, 0.2) is 54.7 Å². The highest BCUT2D eigenvalue weighted by atomic mass is 16.5. The fraction of sp³-hybridized carbons (Fsp3) is 0.240. The van der Waals surface area contributed by atoms with Crippen molar-refractivity contribution in [1.29, 1.82) is 0 Å². The molecule has 1 aliphatic heterocycles. The number of ether oxygens (including phenoxy) is 2. The predicted molar refractivity (Wildman–Crippen MR) is 121 cm³/mol. The number of aromatic amines is 1. The monoisotopic (exact) mass is 402 g/mol. The Morgan fingerprint density at radius 3 is 2.70 bits per heavy atom. The van der Waals surface area contributed by atoms with Crippen molar-refractivity contribution < 1.29 is 14.3 Å². The van der Waals surface area contributed by atoms with Gasteiger partial charge in [0.15, 0.2) is 11.5 Å². The highest BCUT2D eigenvalue weighted by Crippen LogP contribution is 2.31. The summed E-state index contributed by atoms with van der Waals surface area (Å²) in [5.74, 6) is 1.32. The molecule has 2 aromatic carbocycles. The Kier molecular flexibility index (Phi) is 5.61. The summed E-state index contributed by atoms with van der Waals surface area (Å²) < 4.78 is 10.6. The molecule has 1 aromatic heterocycles. The van der Waals surface area contributed by atoms with E-state index in [1.807, 2.05) is 29.2 Å². The van der Waals surface area contributed by atoms with Crippen molar-refractivity contribution in [3.8, 4) is 11.5 Å². The van der Waals surface area contributed by atoms with Crippen molar-refractivity contribution in [2.45, 2.75) is 13.3 Å². The number of carbonyl (C=O) groups excluding carboxylic acids is 1. The standard InChI is InChI=1S/C25H26N2O3/c1-17-5-4-6-20-21(16-26-25(17)20)19-11-13-27(14-12-19)24(28)10-8-18-7-9-22(29-2)23(15-18)30-3/h4-11,15-16,26H,12-14H2,1-3H3/b10-8+. The first-order chi connectivity index (χ1) is 14.6. The molecule has 1 amide bonds. The maximum Gasteiger partial charge on any atom is 0.246 e. The second kappa shape index (κ2) is 8.49. The van der Waals surface area contributed by atoms with Gasteiger partial charge >= 0.3 is 0 Å². The van der Waals surface area contributed by atoms with Crippen molar-refractivity contribution in [2.24, 2.45) is 0 Å². The second-order valence-corrected chi connectivity index (χ2v) is 7.41. The number of H-pyrrole nitrogens is 1. The van der Waals surface area contributed by atoms with Gasteiger partial charge in [-0.3, -0.25) is 4.79 Å². The predicted octanol–water partition coefficient (Wildman–Crippen LogP) is 4.82. The van der Waals surface area contributed by atoms with Gasteiger partial charge in [0.05, 0.1) is 14.2 Å². The first-order valence-electron chi connectivity index (χ1n) is 10.1. The molecule has 5 heteroatoms. The third kappa shape index (κ3) is 3.83. The minimum atomic E-state index is 0.00913. The van der Waals surface area contributed by atoms with E-state index in [-0.39, 0.29) is 5.91 Å². The molecule has 0 atom stereocenters. The summed E-state index contributed by atoms with van der Waals surface area (Å²) >= 11 is 0. The molecule has 5 nitrogen and oxygen atoms in total. The first-order valence-corrected chi connectivity index (χ1v) is 10.1. The van der Waals surface area contributed by atoms with Crippen molar-refractivity contribution in [2.75, 3.05) is 27.3 Å². The number of para-hydroxylation sites is 1. The highest BCUT2D eigenvalue weighted by molar-refractivity contribution is 5.96. The van der Waals surface area contributed by atoms with Gasteiger partial charge in [0, 0.05) is 41.8 Å². The summed E-state index contributed by atoms with van der Waals surface area (Å²) in [5, 5.41) is 1.24. The van der Waals surface area contributed by atoms with Gasteiger partial charge in [-0.25, -0.2) is 0 Å². The third-order valence-electron chi connectivity index (χ3n) is 5.62. The number of carbonyl (C=O) groups is 1. The van der Waals surface area contributed by atoms with E-state index in [1.54, 1.807) is 20.3 Å². The summed E-state index contributed by atoms with van der Waals surface area (Å²) in [6.07, 6.45) is 8.52. The van der Waals surface area contributed by atoms with Crippen molar-refractivity contribution in [1.82, 2.24) is 9.88 Å². The number of nitrogens with zero attached hydrogens (tertiary/aromatic N) is 1. The molecule has 2 heterocycles. The SMILES string of the molecule is COc1ccc(/C=C/C(=O)N2CC=C(c3c[nH]c4c(C)cccc34)CC2)cc1OC. The normalized spacial score (nSPS) is 14.2. The molecule has 0 aliphatic carbocycles. The van der Waals surface area contributed by atoms with Gasteiger partial charge in [0.2, 0.25) is 5.91 Å². The molecule has 154 valence electrons. The Labute approximate surface area is 176 Å². The summed E-state index contributed by atoms with van der Waals surface area (Å²) in [4.78, 5) is 17.9. The maximum absolute atomic E-state index is 12.6. The average molecular weight is 402 g/mol. The first kappa shape index (κ1) is 19.8. The fourth-order valence-electron chi connectivity index (χ4n) is 3.91. The molecule has 1 N–H and O–H groups in total. The van der Waals surface area contributed by atoms with Crippen LogP contribution >= 0.6 is 0 Å². The molecule has 0 bridgehead atoms. The maximum atomic E-state index is 12.6. The quantitative estimate of drug-likeness (QED) is 0.623. The Hall–Kier alpha value is -3.47. The van der Waals surface area contributed by atoms with E-state index >= 15 is 0 Å². The van der Waals surface area contributed by atoms with E-state index in [4.69, 9.17) is 9.47 Å². The van der Waals surface area contributed by atoms with Crippen molar-refractivity contribution in [3.05, 3.63) is 71.4 Å². The van der Waals surface area contributed by atoms with E-state index in [9.17, 15) is 4.79 Å². The van der Waals surface area contributed by atoms with Crippen LogP contribution in [0.2, 0.25) is 0 Å². The van der Waals surface area contributed by atoms with Gasteiger partial charge in [-0.1, -0.05) is 30.3 Å². The van der Waals surface area contributed by atoms with E-state index in [0.717, 1.165) is 12.0 Å². The van der Waals surface area contributed by atoms with Crippen molar-refractivity contribution >= 4 is 28.5 Å². The van der Waals surface area contributed by atoms with Gasteiger partial charge in [0.25, 0.3) is 0 Å². The van der Waals surface area contributed by atoms with E-state index in [2.05, 4.69) is 42.4 Å². The number of aromatic nitrogens is 1. The molecule has 0 saturated heterocycles.